The molecule has 4 rings (SSSR count). The summed E-state index contributed by atoms with van der Waals surface area (Å²) >= 11 is 0. The molecule has 9 nitrogen and oxygen atoms in total. The first-order valence-electron chi connectivity index (χ1n) is 10.7. The number of methoxy groups -OCH3 is 1. The smallest absolute Gasteiger partial charge is 0.269 e. The number of furan rings is 1. The Hall–Kier alpha value is -3.85. The predicted molar refractivity (Wildman–Crippen MR) is 124 cm³/mol. The molecule has 33 heavy (non-hydrogen) atoms. The van der Waals surface area contributed by atoms with E-state index >= 15 is 0 Å². The van der Waals surface area contributed by atoms with E-state index in [1.807, 2.05) is 24.3 Å². The van der Waals surface area contributed by atoms with E-state index < -0.39 is 4.92 Å². The van der Waals surface area contributed by atoms with E-state index in [0.717, 1.165) is 43.4 Å². The van der Waals surface area contributed by atoms with E-state index in [4.69, 9.17) is 9.15 Å². The minimum atomic E-state index is -0.486. The Morgan fingerprint density at radius 2 is 1.79 bits per heavy atom. The molecule has 0 radical (unpaired) electrons. The second-order valence-corrected chi connectivity index (χ2v) is 7.77. The summed E-state index contributed by atoms with van der Waals surface area (Å²) in [6.45, 7) is 3.68. The summed E-state index contributed by atoms with van der Waals surface area (Å²) < 4.78 is 10.9. The third-order valence-corrected chi connectivity index (χ3v) is 5.86. The van der Waals surface area contributed by atoms with Gasteiger partial charge in [0.25, 0.3) is 11.6 Å². The first-order chi connectivity index (χ1) is 16.0. The summed E-state index contributed by atoms with van der Waals surface area (Å²) in [5, 5.41) is 13.8. The van der Waals surface area contributed by atoms with Gasteiger partial charge in [0.15, 0.2) is 0 Å². The fraction of sp³-hybridized carbons (Fsp3) is 0.292. The number of nitrogens with one attached hydrogen (secondary N) is 1. The van der Waals surface area contributed by atoms with Crippen molar-refractivity contribution in [2.45, 2.75) is 6.04 Å². The molecule has 0 saturated carbocycles. The number of amides is 1. The molecule has 1 N–H and O–H groups in total. The van der Waals surface area contributed by atoms with Crippen LogP contribution in [0.4, 0.5) is 11.4 Å². The second kappa shape index (κ2) is 10.2. The lowest BCUT2D eigenvalue weighted by Gasteiger charge is -2.39. The van der Waals surface area contributed by atoms with Crippen molar-refractivity contribution >= 4 is 17.3 Å². The Labute approximate surface area is 191 Å². The van der Waals surface area contributed by atoms with Gasteiger partial charge in [-0.05, 0) is 48.5 Å². The molecule has 2 heterocycles. The number of nitrogens with zero attached hydrogens (tertiary/aromatic N) is 3. The first kappa shape index (κ1) is 22.3. The molecule has 1 aliphatic rings. The van der Waals surface area contributed by atoms with Gasteiger partial charge in [-0.15, -0.1) is 0 Å². The van der Waals surface area contributed by atoms with Gasteiger partial charge >= 0.3 is 0 Å². The van der Waals surface area contributed by atoms with Crippen molar-refractivity contribution < 1.29 is 18.9 Å². The van der Waals surface area contributed by atoms with Crippen molar-refractivity contribution in [3.05, 3.63) is 88.4 Å². The van der Waals surface area contributed by atoms with Gasteiger partial charge < -0.3 is 19.4 Å². The number of ether oxygens (including phenoxy) is 1. The fourth-order valence-corrected chi connectivity index (χ4v) is 4.00. The largest absolute Gasteiger partial charge is 0.497 e. The molecule has 0 bridgehead atoms. The molecule has 1 saturated heterocycles. The molecule has 9 heteroatoms. The SMILES string of the molecule is COc1ccc(N2CCN([C@H](CNC(=O)c3ccc([N+](=O)[O-])cc3)c3ccco3)CC2)cc1. The number of hydrogen-bond donors (Lipinski definition) is 1. The number of anilines is 1. The zero-order valence-electron chi connectivity index (χ0n) is 18.3. The van der Waals surface area contributed by atoms with Crippen molar-refractivity contribution in [1.82, 2.24) is 10.2 Å². The Morgan fingerprint density at radius 3 is 2.36 bits per heavy atom. The van der Waals surface area contributed by atoms with Crippen molar-refractivity contribution in [2.75, 3.05) is 44.7 Å². The maximum absolute atomic E-state index is 12.6. The zero-order valence-corrected chi connectivity index (χ0v) is 18.3. The molecule has 2 aromatic carbocycles. The third-order valence-electron chi connectivity index (χ3n) is 5.86. The molecule has 0 spiro atoms. The highest BCUT2D eigenvalue weighted by Gasteiger charge is 2.27. The van der Waals surface area contributed by atoms with E-state index in [2.05, 4.69) is 27.2 Å². The summed E-state index contributed by atoms with van der Waals surface area (Å²) in [5.74, 6) is 1.34. The van der Waals surface area contributed by atoms with Crippen molar-refractivity contribution in [3.63, 3.8) is 0 Å². The third kappa shape index (κ3) is 5.32. The van der Waals surface area contributed by atoms with E-state index in [1.165, 1.54) is 24.3 Å². The van der Waals surface area contributed by atoms with Crippen molar-refractivity contribution in [3.8, 4) is 5.75 Å². The Kier molecular flexibility index (Phi) is 6.89. The standard InChI is InChI=1S/C24H26N4O5/c1-32-21-10-8-19(9-11-21)26-12-14-27(15-13-26)22(23-3-2-16-33-23)17-25-24(29)18-4-6-20(7-5-18)28(30)31/h2-11,16,22H,12-15,17H2,1H3,(H,25,29)/t22-/m1/s1. The van der Waals surface area contributed by atoms with Crippen LogP contribution in [0.5, 0.6) is 5.75 Å². The number of carbonyl (C=O) groups is 1. The van der Waals surface area contributed by atoms with Crippen LogP contribution >= 0.6 is 0 Å². The highest BCUT2D eigenvalue weighted by atomic mass is 16.6. The van der Waals surface area contributed by atoms with Gasteiger partial charge in [0.05, 0.1) is 24.3 Å². The first-order valence-corrected chi connectivity index (χ1v) is 10.7. The quantitative estimate of drug-likeness (QED) is 0.414. The minimum absolute atomic E-state index is 0.0465. The summed E-state index contributed by atoms with van der Waals surface area (Å²) in [6.07, 6.45) is 1.63. The highest BCUT2D eigenvalue weighted by molar-refractivity contribution is 5.94. The number of nitro benzene ring substituents is 1. The number of piperazine rings is 1. The molecular formula is C24H26N4O5. The lowest BCUT2D eigenvalue weighted by molar-refractivity contribution is -0.384. The average molecular weight is 450 g/mol. The van der Waals surface area contributed by atoms with Crippen LogP contribution in [0.15, 0.2) is 71.3 Å². The minimum Gasteiger partial charge on any atom is -0.497 e. The van der Waals surface area contributed by atoms with Gasteiger partial charge in [0, 0.05) is 56.1 Å². The normalized spacial score (nSPS) is 15.1. The molecule has 1 aliphatic heterocycles. The highest BCUT2D eigenvalue weighted by Crippen LogP contribution is 2.25. The van der Waals surface area contributed by atoms with Crippen LogP contribution in [0.25, 0.3) is 0 Å². The van der Waals surface area contributed by atoms with E-state index in [-0.39, 0.29) is 17.6 Å². The van der Waals surface area contributed by atoms with Crippen LogP contribution in [0.1, 0.15) is 22.2 Å². The van der Waals surface area contributed by atoms with Crippen molar-refractivity contribution in [2.24, 2.45) is 0 Å². The van der Waals surface area contributed by atoms with Gasteiger partial charge in [-0.3, -0.25) is 19.8 Å². The Morgan fingerprint density at radius 1 is 1.09 bits per heavy atom. The lowest BCUT2D eigenvalue weighted by Crippen LogP contribution is -2.49. The molecular weight excluding hydrogens is 424 g/mol. The van der Waals surface area contributed by atoms with Crippen molar-refractivity contribution in [1.29, 1.82) is 0 Å². The fourth-order valence-electron chi connectivity index (χ4n) is 4.00. The zero-order chi connectivity index (χ0) is 23.2. The lowest BCUT2D eigenvalue weighted by atomic mass is 10.1. The number of rotatable bonds is 8. The number of hydrogen-bond acceptors (Lipinski definition) is 7. The number of benzene rings is 2. The Balaban J connectivity index is 1.38. The van der Waals surface area contributed by atoms with Gasteiger partial charge in [0.2, 0.25) is 0 Å². The molecule has 0 unspecified atom stereocenters. The molecule has 0 aliphatic carbocycles. The maximum Gasteiger partial charge on any atom is 0.269 e. The second-order valence-electron chi connectivity index (χ2n) is 7.77. The maximum atomic E-state index is 12.6. The molecule has 172 valence electrons. The summed E-state index contributed by atoms with van der Waals surface area (Å²) in [4.78, 5) is 27.6. The molecule has 1 aromatic heterocycles. The van der Waals surface area contributed by atoms with Gasteiger partial charge in [-0.2, -0.15) is 0 Å². The van der Waals surface area contributed by atoms with Crippen LogP contribution in [-0.2, 0) is 0 Å². The molecule has 1 fully saturated rings. The molecule has 1 amide bonds. The van der Waals surface area contributed by atoms with Crippen LogP contribution < -0.4 is 15.0 Å². The molecule has 1 atom stereocenters. The monoisotopic (exact) mass is 450 g/mol. The average Bonchev–Trinajstić information content (AvgIpc) is 3.39. The van der Waals surface area contributed by atoms with Gasteiger partial charge in [-0.25, -0.2) is 0 Å². The number of nitro groups is 1. The summed E-state index contributed by atoms with van der Waals surface area (Å²) in [6, 6.07) is 17.3. The Bertz CT molecular complexity index is 1060. The van der Waals surface area contributed by atoms with E-state index in [9.17, 15) is 14.9 Å². The predicted octanol–water partition coefficient (Wildman–Crippen LogP) is 3.49. The van der Waals surface area contributed by atoms with E-state index in [0.29, 0.717) is 12.1 Å². The number of carbonyl (C=O) groups excluding carboxylic acids is 1. The van der Waals surface area contributed by atoms with Crippen LogP contribution in [0.2, 0.25) is 0 Å². The van der Waals surface area contributed by atoms with Gasteiger partial charge in [0.1, 0.15) is 11.5 Å². The topological polar surface area (TPSA) is 101 Å². The van der Waals surface area contributed by atoms with Crippen LogP contribution in [0.3, 0.4) is 0 Å². The summed E-state index contributed by atoms with van der Waals surface area (Å²) in [5.41, 5.74) is 1.48. The van der Waals surface area contributed by atoms with Crippen LogP contribution in [0, 0.1) is 10.1 Å². The summed E-state index contributed by atoms with van der Waals surface area (Å²) in [7, 11) is 1.66. The number of non-ortho nitro benzene ring substituents is 1. The van der Waals surface area contributed by atoms with Crippen LogP contribution in [-0.4, -0.2) is 55.6 Å². The van der Waals surface area contributed by atoms with E-state index in [1.54, 1.807) is 13.4 Å². The van der Waals surface area contributed by atoms with Gasteiger partial charge in [-0.1, -0.05) is 0 Å². The molecule has 3 aromatic rings.